The van der Waals surface area contributed by atoms with E-state index in [2.05, 4.69) is 114 Å². The van der Waals surface area contributed by atoms with E-state index >= 15 is 0 Å². The average Bonchev–Trinajstić information content (AvgIpc) is 3.36. The highest BCUT2D eigenvalue weighted by molar-refractivity contribution is 6.99. The molecule has 0 bridgehead atoms. The van der Waals surface area contributed by atoms with E-state index in [0.717, 1.165) is 103 Å². The molecule has 2 unspecified atom stereocenters. The molecular formula is C62H108N2O6Si. The smallest absolute Gasteiger partial charge is 0.325 e. The number of carbonyl (C=O) groups excluding carboxylic acids is 3. The highest BCUT2D eigenvalue weighted by Crippen LogP contribution is 2.37. The molecule has 406 valence electrons. The zero-order chi connectivity index (χ0) is 51.8. The molecule has 0 saturated heterocycles. The number of hydrogen-bond acceptors (Lipinski definition) is 7. The molecule has 0 spiro atoms. The van der Waals surface area contributed by atoms with Gasteiger partial charge in [-0.3, -0.25) is 14.4 Å². The normalized spacial score (nSPS) is 12.8. The minimum Gasteiger partial charge on any atom is -0.466 e. The van der Waals surface area contributed by atoms with Gasteiger partial charge in [-0.25, -0.2) is 0 Å². The first-order chi connectivity index (χ1) is 34.4. The zero-order valence-electron chi connectivity index (χ0n) is 47.2. The van der Waals surface area contributed by atoms with Crippen molar-refractivity contribution in [3.8, 4) is 0 Å². The second kappa shape index (κ2) is 40.4. The van der Waals surface area contributed by atoms with Gasteiger partial charge in [-0.2, -0.15) is 0 Å². The number of likely N-dealkylation sites (N-methyl/N-ethyl adjacent to an activating group) is 1. The summed E-state index contributed by atoms with van der Waals surface area (Å²) in [6, 6.07) is 22.3. The van der Waals surface area contributed by atoms with Crippen molar-refractivity contribution in [3.63, 3.8) is 0 Å². The zero-order valence-corrected chi connectivity index (χ0v) is 48.2. The second-order valence-corrected chi connectivity index (χ2v) is 26.4. The number of nitrogens with zero attached hydrogens (tertiary/aromatic N) is 2. The van der Waals surface area contributed by atoms with Crippen molar-refractivity contribution in [3.05, 3.63) is 60.7 Å². The quantitative estimate of drug-likeness (QED) is 0.0371. The molecule has 2 aromatic rings. The van der Waals surface area contributed by atoms with Crippen LogP contribution in [0.4, 0.5) is 0 Å². The molecule has 9 heteroatoms. The summed E-state index contributed by atoms with van der Waals surface area (Å²) in [4.78, 5) is 42.7. The third kappa shape index (κ3) is 28.3. The molecule has 0 radical (unpaired) electrons. The average molecular weight is 1010 g/mol. The lowest BCUT2D eigenvalue weighted by atomic mass is 9.91. The minimum absolute atomic E-state index is 0.0204. The number of carbonyl (C=O) groups is 3. The van der Waals surface area contributed by atoms with E-state index < -0.39 is 8.32 Å². The van der Waals surface area contributed by atoms with Crippen LogP contribution in [0.5, 0.6) is 0 Å². The first-order valence-electron chi connectivity index (χ1n) is 29.4. The number of hydrogen-bond donors (Lipinski definition) is 0. The van der Waals surface area contributed by atoms with E-state index in [1.54, 1.807) is 11.9 Å². The Morgan fingerprint density at radius 3 is 1.44 bits per heavy atom. The molecule has 8 nitrogen and oxygen atoms in total. The highest BCUT2D eigenvalue weighted by atomic mass is 28.4. The summed E-state index contributed by atoms with van der Waals surface area (Å²) in [6.07, 6.45) is 34.4. The van der Waals surface area contributed by atoms with Crippen molar-refractivity contribution in [1.82, 2.24) is 9.80 Å². The molecule has 0 aliphatic carbocycles. The van der Waals surface area contributed by atoms with Crippen LogP contribution < -0.4 is 10.4 Å². The van der Waals surface area contributed by atoms with Crippen LogP contribution in [-0.2, 0) is 28.3 Å². The Morgan fingerprint density at radius 2 is 0.930 bits per heavy atom. The van der Waals surface area contributed by atoms with Gasteiger partial charge in [0.05, 0.1) is 13.2 Å². The first kappa shape index (κ1) is 64.1. The molecule has 0 saturated carbocycles. The third-order valence-electron chi connectivity index (χ3n) is 14.8. The fourth-order valence-electron chi connectivity index (χ4n) is 10.4. The molecule has 0 N–H and O–H groups in total. The number of benzene rings is 2. The fourth-order valence-corrected chi connectivity index (χ4v) is 15.0. The van der Waals surface area contributed by atoms with Crippen molar-refractivity contribution in [2.24, 2.45) is 5.92 Å². The van der Waals surface area contributed by atoms with Crippen molar-refractivity contribution in [2.75, 3.05) is 47.0 Å². The lowest BCUT2D eigenvalue weighted by molar-refractivity contribution is -0.149. The van der Waals surface area contributed by atoms with Gasteiger partial charge in [-0.05, 0) is 92.7 Å². The predicted octanol–water partition coefficient (Wildman–Crippen LogP) is 15.2. The van der Waals surface area contributed by atoms with E-state index in [1.165, 1.54) is 107 Å². The third-order valence-corrected chi connectivity index (χ3v) is 19.9. The van der Waals surface area contributed by atoms with E-state index in [4.69, 9.17) is 13.9 Å². The van der Waals surface area contributed by atoms with Crippen LogP contribution >= 0.6 is 0 Å². The van der Waals surface area contributed by atoms with Gasteiger partial charge in [-0.1, -0.05) is 231 Å². The van der Waals surface area contributed by atoms with Crippen molar-refractivity contribution in [2.45, 2.75) is 252 Å². The Balaban J connectivity index is 1.88. The molecule has 2 aromatic carbocycles. The summed E-state index contributed by atoms with van der Waals surface area (Å²) >= 11 is 0. The van der Waals surface area contributed by atoms with Crippen LogP contribution in [0.25, 0.3) is 0 Å². The first-order valence-corrected chi connectivity index (χ1v) is 31.3. The largest absolute Gasteiger partial charge is 0.466 e. The summed E-state index contributed by atoms with van der Waals surface area (Å²) in [5.74, 6) is 0.110. The van der Waals surface area contributed by atoms with Gasteiger partial charge in [0.2, 0.25) is 5.91 Å². The van der Waals surface area contributed by atoms with Gasteiger partial charge in [-0.15, -0.1) is 0 Å². The van der Waals surface area contributed by atoms with Crippen LogP contribution in [0.2, 0.25) is 5.04 Å². The predicted molar refractivity (Wildman–Crippen MR) is 303 cm³/mol. The maximum atomic E-state index is 13.3. The summed E-state index contributed by atoms with van der Waals surface area (Å²) in [5, 5.41) is 2.60. The maximum absolute atomic E-state index is 13.3. The lowest BCUT2D eigenvalue weighted by Gasteiger charge is -2.43. The Morgan fingerprint density at radius 1 is 0.507 bits per heavy atom. The summed E-state index contributed by atoms with van der Waals surface area (Å²) < 4.78 is 18.5. The van der Waals surface area contributed by atoms with Crippen LogP contribution in [0, 0.1) is 5.92 Å². The molecule has 0 heterocycles. The molecule has 2 rings (SSSR count). The SMILES string of the molecule is CCCCCCCCCC(=O)OCCCCCC(CCCCCOC(=O)CN(C)C(=O)CC(CCCCCC)CCCCCCCC)N(C)CCCCO[Si](c1ccccc1)(c1ccccc1)C(C)(C)C. The summed E-state index contributed by atoms with van der Waals surface area (Å²) in [7, 11) is 1.47. The van der Waals surface area contributed by atoms with Gasteiger partial charge in [0.1, 0.15) is 6.54 Å². The number of amides is 1. The number of esters is 2. The van der Waals surface area contributed by atoms with Crippen LogP contribution in [-0.4, -0.2) is 89.0 Å². The summed E-state index contributed by atoms with van der Waals surface area (Å²) in [5.41, 5.74) is 0. The van der Waals surface area contributed by atoms with Crippen LogP contribution in [0.15, 0.2) is 60.7 Å². The van der Waals surface area contributed by atoms with E-state index in [9.17, 15) is 14.4 Å². The van der Waals surface area contributed by atoms with Gasteiger partial charge in [0.15, 0.2) is 0 Å². The second-order valence-electron chi connectivity index (χ2n) is 22.1. The molecule has 0 fully saturated rings. The Hall–Kier alpha value is -3.01. The van der Waals surface area contributed by atoms with E-state index in [-0.39, 0.29) is 29.4 Å². The van der Waals surface area contributed by atoms with Crippen molar-refractivity contribution in [1.29, 1.82) is 0 Å². The molecule has 0 aromatic heterocycles. The molecular weight excluding hydrogens is 897 g/mol. The summed E-state index contributed by atoms with van der Waals surface area (Å²) in [6.45, 7) is 16.4. The number of ether oxygens (including phenoxy) is 2. The lowest BCUT2D eigenvalue weighted by Crippen LogP contribution is -2.66. The molecule has 0 aliphatic heterocycles. The molecule has 71 heavy (non-hydrogen) atoms. The van der Waals surface area contributed by atoms with E-state index in [0.29, 0.717) is 38.0 Å². The molecule has 0 aliphatic rings. The highest BCUT2D eigenvalue weighted by Gasteiger charge is 2.50. The van der Waals surface area contributed by atoms with Gasteiger partial charge in [0, 0.05) is 32.5 Å². The van der Waals surface area contributed by atoms with Crippen molar-refractivity contribution >= 4 is 36.5 Å². The van der Waals surface area contributed by atoms with Gasteiger partial charge in [0.25, 0.3) is 8.32 Å². The number of unbranched alkanes of at least 4 members (excludes halogenated alkanes) is 19. The van der Waals surface area contributed by atoms with Gasteiger partial charge >= 0.3 is 11.9 Å². The Labute approximate surface area is 438 Å². The van der Waals surface area contributed by atoms with Gasteiger partial charge < -0.3 is 23.7 Å². The Bertz CT molecular complexity index is 1560. The molecule has 2 atom stereocenters. The van der Waals surface area contributed by atoms with E-state index in [1.807, 2.05) is 0 Å². The minimum atomic E-state index is -2.56. The Kier molecular flexibility index (Phi) is 36.5. The van der Waals surface area contributed by atoms with Crippen LogP contribution in [0.3, 0.4) is 0 Å². The molecule has 1 amide bonds. The monoisotopic (exact) mass is 1000 g/mol. The maximum Gasteiger partial charge on any atom is 0.325 e. The fraction of sp³-hybridized carbons (Fsp3) is 0.758. The topological polar surface area (TPSA) is 85.4 Å². The van der Waals surface area contributed by atoms with Crippen molar-refractivity contribution < 1.29 is 28.3 Å². The standard InChI is InChI=1S/C62H108N2O6Si/c1-9-12-15-18-20-22-35-48-60(66)68-50-37-25-29-42-56(63(7)49-36-39-52-70-71(62(4,5)6,57-44-31-23-32-45-57)58-46-33-24-34-47-58)43-30-26-38-51-69-61(67)54-64(8)59(65)53-55(40-27-17-14-11-3)41-28-21-19-16-13-10-2/h23-24,31-34,44-47,55-56H,9-22,25-30,35-43,48-54H2,1-8H3. The number of rotatable bonds is 45. The van der Waals surface area contributed by atoms with Crippen LogP contribution in [0.1, 0.15) is 241 Å².